The van der Waals surface area contributed by atoms with Gasteiger partial charge in [0.25, 0.3) is 0 Å². The Kier molecular flexibility index (Phi) is 3.54. The van der Waals surface area contributed by atoms with Crippen molar-refractivity contribution in [2.75, 3.05) is 5.32 Å². The standard InChI is InChI=1S/C19H17BrClN/c1-11-9-12(21)10-16-13-6-4-7-14(13)19(22-18(11)16)15-5-2-3-8-17(15)20/h2-6,8-10,13-14,19,22H,7H2,1H3/t13-,14+,19+/m1/s1. The highest BCUT2D eigenvalue weighted by Crippen LogP contribution is 2.52. The molecule has 0 spiro atoms. The molecule has 22 heavy (non-hydrogen) atoms. The average Bonchev–Trinajstić information content (AvgIpc) is 2.97. The summed E-state index contributed by atoms with van der Waals surface area (Å²) in [5.41, 5.74) is 5.14. The number of anilines is 1. The van der Waals surface area contributed by atoms with E-state index in [0.717, 1.165) is 11.4 Å². The van der Waals surface area contributed by atoms with Crippen LogP contribution in [0.4, 0.5) is 5.69 Å². The Hall–Kier alpha value is -1.25. The second-order valence-corrected chi connectivity index (χ2v) is 7.47. The molecular weight excluding hydrogens is 358 g/mol. The van der Waals surface area contributed by atoms with Gasteiger partial charge in [0.2, 0.25) is 0 Å². The molecule has 1 heterocycles. The topological polar surface area (TPSA) is 12.0 Å². The van der Waals surface area contributed by atoms with E-state index >= 15 is 0 Å². The predicted molar refractivity (Wildman–Crippen MR) is 96.7 cm³/mol. The monoisotopic (exact) mass is 373 g/mol. The van der Waals surface area contributed by atoms with Crippen LogP contribution >= 0.6 is 27.5 Å². The molecule has 2 aliphatic rings. The number of hydrogen-bond donors (Lipinski definition) is 1. The van der Waals surface area contributed by atoms with Crippen LogP contribution in [0.15, 0.2) is 53.0 Å². The molecule has 0 fully saturated rings. The first-order valence-electron chi connectivity index (χ1n) is 7.63. The van der Waals surface area contributed by atoms with E-state index in [0.29, 0.717) is 17.9 Å². The predicted octanol–water partition coefficient (Wildman–Crippen LogP) is 6.24. The third-order valence-electron chi connectivity index (χ3n) is 4.87. The Morgan fingerprint density at radius 1 is 1.18 bits per heavy atom. The normalized spacial score (nSPS) is 25.5. The molecule has 0 saturated heterocycles. The molecule has 0 amide bonds. The average molecular weight is 375 g/mol. The lowest BCUT2D eigenvalue weighted by molar-refractivity contribution is 0.424. The number of nitrogens with one attached hydrogen (secondary N) is 1. The van der Waals surface area contributed by atoms with Gasteiger partial charge in [-0.15, -0.1) is 0 Å². The maximum absolute atomic E-state index is 6.29. The molecule has 3 heteroatoms. The molecule has 3 atom stereocenters. The fraction of sp³-hybridized carbons (Fsp3) is 0.263. The van der Waals surface area contributed by atoms with Crippen molar-refractivity contribution < 1.29 is 0 Å². The number of allylic oxidation sites excluding steroid dienone is 2. The van der Waals surface area contributed by atoms with Crippen LogP contribution in [-0.2, 0) is 0 Å². The highest BCUT2D eigenvalue weighted by Gasteiger charge is 2.39. The zero-order valence-corrected chi connectivity index (χ0v) is 14.7. The van der Waals surface area contributed by atoms with Crippen molar-refractivity contribution in [1.29, 1.82) is 0 Å². The van der Waals surface area contributed by atoms with Crippen molar-refractivity contribution in [3.05, 3.63) is 74.7 Å². The molecule has 1 nitrogen and oxygen atoms in total. The number of benzene rings is 2. The van der Waals surface area contributed by atoms with E-state index in [1.165, 1.54) is 26.9 Å². The van der Waals surface area contributed by atoms with Crippen LogP contribution in [-0.4, -0.2) is 0 Å². The van der Waals surface area contributed by atoms with Crippen molar-refractivity contribution in [3.8, 4) is 0 Å². The molecule has 0 bridgehead atoms. The molecule has 2 aromatic rings. The Bertz CT molecular complexity index is 768. The van der Waals surface area contributed by atoms with Crippen molar-refractivity contribution in [2.24, 2.45) is 5.92 Å². The zero-order valence-electron chi connectivity index (χ0n) is 12.3. The Labute approximate surface area is 144 Å². The van der Waals surface area contributed by atoms with E-state index < -0.39 is 0 Å². The highest BCUT2D eigenvalue weighted by atomic mass is 79.9. The second kappa shape index (κ2) is 5.43. The molecule has 1 aliphatic heterocycles. The lowest BCUT2D eigenvalue weighted by Gasteiger charge is -2.38. The van der Waals surface area contributed by atoms with Crippen LogP contribution in [0.3, 0.4) is 0 Å². The van der Waals surface area contributed by atoms with Gasteiger partial charge in [-0.1, -0.05) is 57.9 Å². The number of aryl methyl sites for hydroxylation is 1. The number of hydrogen-bond acceptors (Lipinski definition) is 1. The molecule has 0 radical (unpaired) electrons. The Morgan fingerprint density at radius 3 is 2.82 bits per heavy atom. The minimum Gasteiger partial charge on any atom is -0.377 e. The van der Waals surface area contributed by atoms with Crippen LogP contribution in [0.1, 0.15) is 35.1 Å². The van der Waals surface area contributed by atoms with Gasteiger partial charge in [0.05, 0.1) is 6.04 Å². The van der Waals surface area contributed by atoms with E-state index in [1.54, 1.807) is 0 Å². The molecule has 0 saturated carbocycles. The summed E-state index contributed by atoms with van der Waals surface area (Å²) in [5.74, 6) is 0.995. The summed E-state index contributed by atoms with van der Waals surface area (Å²) in [7, 11) is 0. The van der Waals surface area contributed by atoms with Crippen molar-refractivity contribution in [2.45, 2.75) is 25.3 Å². The largest absolute Gasteiger partial charge is 0.377 e. The molecule has 112 valence electrons. The first kappa shape index (κ1) is 14.3. The SMILES string of the molecule is Cc1cc(Cl)cc2c1N[C@H](c1ccccc1Br)[C@H]1CC=C[C@@H]21. The molecule has 1 aliphatic carbocycles. The fourth-order valence-electron chi connectivity index (χ4n) is 3.88. The molecule has 0 aromatic heterocycles. The van der Waals surface area contributed by atoms with Gasteiger partial charge in [-0.25, -0.2) is 0 Å². The smallest absolute Gasteiger partial charge is 0.0565 e. The lowest BCUT2D eigenvalue weighted by atomic mass is 9.76. The first-order chi connectivity index (χ1) is 10.6. The summed E-state index contributed by atoms with van der Waals surface area (Å²) in [6.07, 6.45) is 5.77. The quantitative estimate of drug-likeness (QED) is 0.583. The maximum atomic E-state index is 6.29. The Morgan fingerprint density at radius 2 is 2.00 bits per heavy atom. The van der Waals surface area contributed by atoms with E-state index in [2.05, 4.69) is 70.7 Å². The third kappa shape index (κ3) is 2.21. The van der Waals surface area contributed by atoms with Crippen LogP contribution in [0.2, 0.25) is 5.02 Å². The van der Waals surface area contributed by atoms with Gasteiger partial charge in [0, 0.05) is 21.1 Å². The van der Waals surface area contributed by atoms with Gasteiger partial charge in [0.1, 0.15) is 0 Å². The highest BCUT2D eigenvalue weighted by molar-refractivity contribution is 9.10. The van der Waals surface area contributed by atoms with Gasteiger partial charge < -0.3 is 5.32 Å². The molecular formula is C19H17BrClN. The first-order valence-corrected chi connectivity index (χ1v) is 8.80. The molecule has 1 N–H and O–H groups in total. The van der Waals surface area contributed by atoms with Crippen LogP contribution < -0.4 is 5.32 Å². The summed E-state index contributed by atoms with van der Waals surface area (Å²) in [6.45, 7) is 2.13. The number of halogens is 2. The van der Waals surface area contributed by atoms with E-state index in [1.807, 2.05) is 6.07 Å². The molecule has 0 unspecified atom stereocenters. The van der Waals surface area contributed by atoms with E-state index in [-0.39, 0.29) is 0 Å². The Balaban J connectivity index is 1.86. The van der Waals surface area contributed by atoms with E-state index in [4.69, 9.17) is 11.6 Å². The number of rotatable bonds is 1. The van der Waals surface area contributed by atoms with Gasteiger partial charge in [0.15, 0.2) is 0 Å². The zero-order chi connectivity index (χ0) is 15.3. The van der Waals surface area contributed by atoms with Crippen LogP contribution in [0.25, 0.3) is 0 Å². The summed E-state index contributed by atoms with van der Waals surface area (Å²) in [4.78, 5) is 0. The third-order valence-corrected chi connectivity index (χ3v) is 5.81. The van der Waals surface area contributed by atoms with Gasteiger partial charge in [-0.05, 0) is 54.2 Å². The minimum absolute atomic E-state index is 0.322. The summed E-state index contributed by atoms with van der Waals surface area (Å²) >= 11 is 10.0. The summed E-state index contributed by atoms with van der Waals surface area (Å²) in [6, 6.07) is 13.0. The van der Waals surface area contributed by atoms with Crippen molar-refractivity contribution >= 4 is 33.2 Å². The van der Waals surface area contributed by atoms with Gasteiger partial charge in [-0.3, -0.25) is 0 Å². The van der Waals surface area contributed by atoms with Crippen molar-refractivity contribution in [1.82, 2.24) is 0 Å². The summed E-state index contributed by atoms with van der Waals surface area (Å²) in [5, 5.41) is 4.62. The van der Waals surface area contributed by atoms with Gasteiger partial charge in [-0.2, -0.15) is 0 Å². The van der Waals surface area contributed by atoms with Crippen LogP contribution in [0.5, 0.6) is 0 Å². The van der Waals surface area contributed by atoms with Crippen molar-refractivity contribution in [3.63, 3.8) is 0 Å². The van der Waals surface area contributed by atoms with Crippen LogP contribution in [0, 0.1) is 12.8 Å². The lowest BCUT2D eigenvalue weighted by Crippen LogP contribution is -2.29. The molecule has 2 aromatic carbocycles. The fourth-order valence-corrected chi connectivity index (χ4v) is 4.69. The maximum Gasteiger partial charge on any atom is 0.0565 e. The number of fused-ring (bicyclic) bond motifs is 3. The van der Waals surface area contributed by atoms with E-state index in [9.17, 15) is 0 Å². The second-order valence-electron chi connectivity index (χ2n) is 6.18. The summed E-state index contributed by atoms with van der Waals surface area (Å²) < 4.78 is 1.17. The molecule has 4 rings (SSSR count). The van der Waals surface area contributed by atoms with Gasteiger partial charge >= 0.3 is 0 Å². The minimum atomic E-state index is 0.322.